The molecule has 1 aliphatic carbocycles. The third kappa shape index (κ3) is 2.92. The van der Waals surface area contributed by atoms with Gasteiger partial charge in [-0.3, -0.25) is 4.98 Å². The zero-order valence-electron chi connectivity index (χ0n) is 18.2. The molecule has 5 aromatic rings. The molecule has 7 nitrogen and oxygen atoms in total. The van der Waals surface area contributed by atoms with Crippen molar-refractivity contribution in [3.8, 4) is 11.4 Å². The van der Waals surface area contributed by atoms with Gasteiger partial charge in [0, 0.05) is 52.7 Å². The molecule has 2 N–H and O–H groups in total. The smallest absolute Gasteiger partial charge is 0.163 e. The van der Waals surface area contributed by atoms with E-state index in [1.54, 1.807) is 0 Å². The molecule has 4 aromatic heterocycles. The van der Waals surface area contributed by atoms with Crippen LogP contribution in [0, 0.1) is 0 Å². The van der Waals surface area contributed by atoms with Crippen molar-refractivity contribution < 1.29 is 5.11 Å². The van der Waals surface area contributed by atoms with Crippen molar-refractivity contribution in [2.75, 3.05) is 18.0 Å². The summed E-state index contributed by atoms with van der Waals surface area (Å²) in [6.07, 6.45) is 9.72. The molecule has 7 heteroatoms. The van der Waals surface area contributed by atoms with Crippen LogP contribution in [0.3, 0.4) is 0 Å². The fourth-order valence-electron chi connectivity index (χ4n) is 5.35. The van der Waals surface area contributed by atoms with E-state index in [0.29, 0.717) is 18.3 Å². The lowest BCUT2D eigenvalue weighted by molar-refractivity contribution is 0.198. The van der Waals surface area contributed by atoms with Crippen molar-refractivity contribution in [3.63, 3.8) is 0 Å². The van der Waals surface area contributed by atoms with E-state index in [-0.39, 0.29) is 6.10 Å². The highest BCUT2D eigenvalue weighted by Crippen LogP contribution is 2.43. The molecule has 5 heterocycles. The van der Waals surface area contributed by atoms with E-state index in [1.165, 1.54) is 24.8 Å². The second-order valence-electron chi connectivity index (χ2n) is 9.26. The Balaban J connectivity index is 1.51. The number of aromatic amines is 1. The van der Waals surface area contributed by atoms with E-state index in [9.17, 15) is 5.11 Å². The number of fused-ring (bicyclic) bond motifs is 4. The van der Waals surface area contributed by atoms with Crippen molar-refractivity contribution in [2.24, 2.45) is 0 Å². The first-order valence-electron chi connectivity index (χ1n) is 11.7. The van der Waals surface area contributed by atoms with E-state index in [1.807, 2.05) is 36.8 Å². The summed E-state index contributed by atoms with van der Waals surface area (Å²) >= 11 is 0. The molecule has 2 aliphatic rings. The van der Waals surface area contributed by atoms with Crippen molar-refractivity contribution in [1.82, 2.24) is 24.9 Å². The molecule has 164 valence electrons. The summed E-state index contributed by atoms with van der Waals surface area (Å²) < 4.78 is 0. The minimum absolute atomic E-state index is 0.325. The predicted octanol–water partition coefficient (Wildman–Crippen LogP) is 4.56. The standard InChI is InChI=1S/C26H24N6O/c33-16-9-11-32(14-16)26-23-19(15-4-3-5-15)12-27-13-21(23)30-24(31-26)18-8-10-28-25-22(18)17-6-1-2-7-20(17)29-25/h1-2,6-8,10,12-13,15-16,33H,3-5,9,11,14H2,(H,28,29)/t16-/m1/s1. The van der Waals surface area contributed by atoms with Gasteiger partial charge in [-0.1, -0.05) is 24.6 Å². The predicted molar refractivity (Wildman–Crippen MR) is 129 cm³/mol. The van der Waals surface area contributed by atoms with Crippen LogP contribution in [0.15, 0.2) is 48.9 Å². The van der Waals surface area contributed by atoms with Gasteiger partial charge in [-0.05, 0) is 42.9 Å². The lowest BCUT2D eigenvalue weighted by Crippen LogP contribution is -2.24. The quantitative estimate of drug-likeness (QED) is 0.431. The van der Waals surface area contributed by atoms with Gasteiger partial charge in [0.15, 0.2) is 5.82 Å². The van der Waals surface area contributed by atoms with Gasteiger partial charge in [-0.15, -0.1) is 0 Å². The summed E-state index contributed by atoms with van der Waals surface area (Å²) in [5.74, 6) is 2.10. The van der Waals surface area contributed by atoms with Crippen LogP contribution in [-0.4, -0.2) is 49.2 Å². The molecule has 0 bridgehead atoms. The van der Waals surface area contributed by atoms with E-state index in [4.69, 9.17) is 9.97 Å². The van der Waals surface area contributed by atoms with Gasteiger partial charge in [0.05, 0.1) is 17.8 Å². The molecule has 0 unspecified atom stereocenters. The zero-order chi connectivity index (χ0) is 21.9. The fourth-order valence-corrected chi connectivity index (χ4v) is 5.35. The number of rotatable bonds is 3. The number of pyridine rings is 2. The number of para-hydroxylation sites is 1. The number of nitrogens with one attached hydrogen (secondary N) is 1. The number of hydrogen-bond donors (Lipinski definition) is 2. The maximum Gasteiger partial charge on any atom is 0.163 e. The average molecular weight is 437 g/mol. The summed E-state index contributed by atoms with van der Waals surface area (Å²) in [7, 11) is 0. The van der Waals surface area contributed by atoms with Gasteiger partial charge in [0.25, 0.3) is 0 Å². The number of nitrogens with zero attached hydrogens (tertiary/aromatic N) is 5. The van der Waals surface area contributed by atoms with Crippen molar-refractivity contribution in [2.45, 2.75) is 37.7 Å². The zero-order valence-corrected chi connectivity index (χ0v) is 18.2. The van der Waals surface area contributed by atoms with Gasteiger partial charge >= 0.3 is 0 Å². The molecule has 1 aliphatic heterocycles. The Bertz CT molecular complexity index is 1520. The van der Waals surface area contributed by atoms with Crippen LogP contribution >= 0.6 is 0 Å². The number of benzene rings is 1. The first kappa shape index (κ1) is 18.9. The second-order valence-corrected chi connectivity index (χ2v) is 9.26. The van der Waals surface area contributed by atoms with Gasteiger partial charge in [0.1, 0.15) is 11.5 Å². The summed E-state index contributed by atoms with van der Waals surface area (Å²) in [5, 5.41) is 13.5. The van der Waals surface area contributed by atoms with E-state index < -0.39 is 0 Å². The number of β-amino-alcohol motifs (C(OH)–C–C–N with tert-alkyl or cyclic N) is 1. The third-order valence-electron chi connectivity index (χ3n) is 7.27. The van der Waals surface area contributed by atoms with Crippen LogP contribution in [0.1, 0.15) is 37.2 Å². The van der Waals surface area contributed by atoms with E-state index in [2.05, 4.69) is 32.0 Å². The molecule has 0 amide bonds. The monoisotopic (exact) mass is 436 g/mol. The minimum atomic E-state index is -0.325. The van der Waals surface area contributed by atoms with Gasteiger partial charge < -0.3 is 15.0 Å². The molecular formula is C26H24N6O. The highest BCUT2D eigenvalue weighted by molar-refractivity contribution is 6.12. The van der Waals surface area contributed by atoms with Crippen LogP contribution in [0.5, 0.6) is 0 Å². The molecular weight excluding hydrogens is 412 g/mol. The molecule has 0 spiro atoms. The molecule has 7 rings (SSSR count). The van der Waals surface area contributed by atoms with Gasteiger partial charge in [-0.25, -0.2) is 15.0 Å². The van der Waals surface area contributed by atoms with Gasteiger partial charge in [0.2, 0.25) is 0 Å². The Kier molecular flexibility index (Phi) is 4.14. The molecule has 33 heavy (non-hydrogen) atoms. The molecule has 1 aromatic carbocycles. The second kappa shape index (κ2) is 7.22. The first-order chi connectivity index (χ1) is 16.3. The summed E-state index contributed by atoms with van der Waals surface area (Å²) in [4.78, 5) is 24.9. The molecule has 2 fully saturated rings. The van der Waals surface area contributed by atoms with Crippen molar-refractivity contribution in [1.29, 1.82) is 0 Å². The number of anilines is 1. The Labute approximate surface area is 190 Å². The van der Waals surface area contributed by atoms with E-state index in [0.717, 1.165) is 57.2 Å². The highest BCUT2D eigenvalue weighted by Gasteiger charge is 2.29. The third-order valence-corrected chi connectivity index (χ3v) is 7.27. The molecule has 1 saturated heterocycles. The van der Waals surface area contributed by atoms with E-state index >= 15 is 0 Å². The lowest BCUT2D eigenvalue weighted by atomic mass is 9.79. The van der Waals surface area contributed by atoms with Crippen LogP contribution in [0.2, 0.25) is 0 Å². The van der Waals surface area contributed by atoms with Crippen LogP contribution < -0.4 is 4.90 Å². The Morgan fingerprint density at radius 3 is 2.73 bits per heavy atom. The molecule has 1 saturated carbocycles. The van der Waals surface area contributed by atoms with Gasteiger partial charge in [-0.2, -0.15) is 0 Å². The molecule has 0 radical (unpaired) electrons. The highest BCUT2D eigenvalue weighted by atomic mass is 16.3. The number of aliphatic hydroxyl groups excluding tert-OH is 1. The summed E-state index contributed by atoms with van der Waals surface area (Å²) in [6.45, 7) is 1.38. The average Bonchev–Trinajstić information content (AvgIpc) is 3.40. The van der Waals surface area contributed by atoms with Crippen LogP contribution in [0.25, 0.3) is 44.2 Å². The Morgan fingerprint density at radius 1 is 1.00 bits per heavy atom. The number of aromatic nitrogens is 5. The number of H-pyrrole nitrogens is 1. The SMILES string of the molecule is O[C@@H]1CCN(c2nc(-c3ccnc4[nH]c5ccccc5c34)nc3cncc(C4CCC4)c23)C1. The number of hydrogen-bond acceptors (Lipinski definition) is 6. The topological polar surface area (TPSA) is 90.8 Å². The van der Waals surface area contributed by atoms with Crippen LogP contribution in [0.4, 0.5) is 5.82 Å². The van der Waals surface area contributed by atoms with Crippen molar-refractivity contribution >= 4 is 38.7 Å². The Morgan fingerprint density at radius 2 is 1.91 bits per heavy atom. The normalized spacial score (nSPS) is 19.1. The summed E-state index contributed by atoms with van der Waals surface area (Å²) in [6, 6.07) is 10.2. The van der Waals surface area contributed by atoms with Crippen LogP contribution in [-0.2, 0) is 0 Å². The number of aliphatic hydroxyl groups is 1. The lowest BCUT2D eigenvalue weighted by Gasteiger charge is -2.28. The van der Waals surface area contributed by atoms with Crippen molar-refractivity contribution in [3.05, 3.63) is 54.5 Å². The minimum Gasteiger partial charge on any atom is -0.391 e. The summed E-state index contributed by atoms with van der Waals surface area (Å²) in [5.41, 5.74) is 4.94. The largest absolute Gasteiger partial charge is 0.391 e. The fraction of sp³-hybridized carbons (Fsp3) is 0.308. The maximum absolute atomic E-state index is 10.3. The molecule has 1 atom stereocenters. The first-order valence-corrected chi connectivity index (χ1v) is 11.7. The maximum atomic E-state index is 10.3. The Hall–Kier alpha value is -3.58.